The normalized spacial score (nSPS) is 16.8. The summed E-state index contributed by atoms with van der Waals surface area (Å²) in [4.78, 5) is 15.1. The van der Waals surface area contributed by atoms with Gasteiger partial charge in [0.05, 0.1) is 17.2 Å². The first kappa shape index (κ1) is 20.6. The number of piperidine rings is 1. The van der Waals surface area contributed by atoms with Gasteiger partial charge in [0, 0.05) is 26.2 Å². The standard InChI is InChI=1S/C20H27N3O4S/c1-22(2)28(25,26)17-9-6-8-16(14-17)20(24)21-15-18(19-10-7-13-27-19)23-11-4-3-5-12-23/h6-10,13-14,18H,3-5,11-12,15H2,1-2H3,(H,21,24)/t18-/m1/s1. The molecule has 28 heavy (non-hydrogen) atoms. The Morgan fingerprint density at radius 2 is 1.93 bits per heavy atom. The minimum atomic E-state index is -3.59. The number of amides is 1. The molecule has 1 aliphatic heterocycles. The predicted molar refractivity (Wildman–Crippen MR) is 107 cm³/mol. The zero-order chi connectivity index (χ0) is 20.1. The zero-order valence-corrected chi connectivity index (χ0v) is 17.1. The van der Waals surface area contributed by atoms with Gasteiger partial charge in [0.2, 0.25) is 10.0 Å². The molecule has 0 unspecified atom stereocenters. The molecule has 2 heterocycles. The minimum absolute atomic E-state index is 0.0343. The van der Waals surface area contributed by atoms with Crippen LogP contribution in [-0.4, -0.2) is 57.3 Å². The number of hydrogen-bond donors (Lipinski definition) is 1. The summed E-state index contributed by atoms with van der Waals surface area (Å²) in [6, 6.07) is 9.85. The molecule has 1 amide bonds. The lowest BCUT2D eigenvalue weighted by atomic mass is 10.1. The van der Waals surface area contributed by atoms with Crippen LogP contribution in [0.15, 0.2) is 52.0 Å². The molecule has 1 aliphatic rings. The fraction of sp³-hybridized carbons (Fsp3) is 0.450. The minimum Gasteiger partial charge on any atom is -0.468 e. The van der Waals surface area contributed by atoms with Crippen molar-refractivity contribution in [3.63, 3.8) is 0 Å². The smallest absolute Gasteiger partial charge is 0.251 e. The predicted octanol–water partition coefficient (Wildman–Crippen LogP) is 2.49. The van der Waals surface area contributed by atoms with E-state index < -0.39 is 10.0 Å². The van der Waals surface area contributed by atoms with Crippen molar-refractivity contribution in [1.29, 1.82) is 0 Å². The van der Waals surface area contributed by atoms with Gasteiger partial charge in [-0.05, 0) is 56.3 Å². The van der Waals surface area contributed by atoms with Crippen LogP contribution in [0.3, 0.4) is 0 Å². The Morgan fingerprint density at radius 1 is 1.18 bits per heavy atom. The van der Waals surface area contributed by atoms with E-state index in [-0.39, 0.29) is 16.8 Å². The van der Waals surface area contributed by atoms with Crippen molar-refractivity contribution in [3.05, 3.63) is 54.0 Å². The summed E-state index contributed by atoms with van der Waals surface area (Å²) in [5.41, 5.74) is 0.319. The van der Waals surface area contributed by atoms with Crippen molar-refractivity contribution >= 4 is 15.9 Å². The number of hydrogen-bond acceptors (Lipinski definition) is 5. The molecule has 0 radical (unpaired) electrons. The number of rotatable bonds is 7. The Bertz CT molecular complexity index is 888. The van der Waals surface area contributed by atoms with Crippen LogP contribution >= 0.6 is 0 Å². The molecular weight excluding hydrogens is 378 g/mol. The van der Waals surface area contributed by atoms with Crippen LogP contribution < -0.4 is 5.32 Å². The summed E-state index contributed by atoms with van der Waals surface area (Å²) in [6.07, 6.45) is 5.13. The second-order valence-electron chi connectivity index (χ2n) is 7.15. The number of nitrogens with zero attached hydrogens (tertiary/aromatic N) is 2. The highest BCUT2D eigenvalue weighted by molar-refractivity contribution is 7.89. The highest BCUT2D eigenvalue weighted by atomic mass is 32.2. The Morgan fingerprint density at radius 3 is 2.57 bits per heavy atom. The molecule has 1 atom stereocenters. The average molecular weight is 406 g/mol. The fourth-order valence-corrected chi connectivity index (χ4v) is 4.37. The monoisotopic (exact) mass is 405 g/mol. The third-order valence-corrected chi connectivity index (χ3v) is 6.84. The molecule has 1 aromatic heterocycles. The molecule has 7 nitrogen and oxygen atoms in total. The van der Waals surface area contributed by atoms with Gasteiger partial charge in [0.25, 0.3) is 5.91 Å². The van der Waals surface area contributed by atoms with Gasteiger partial charge in [0.15, 0.2) is 0 Å². The average Bonchev–Trinajstić information content (AvgIpc) is 3.23. The first-order chi connectivity index (χ1) is 13.4. The van der Waals surface area contributed by atoms with Gasteiger partial charge in [-0.2, -0.15) is 0 Å². The van der Waals surface area contributed by atoms with Gasteiger partial charge < -0.3 is 9.73 Å². The topological polar surface area (TPSA) is 82.9 Å². The third-order valence-electron chi connectivity index (χ3n) is 5.03. The summed E-state index contributed by atoms with van der Waals surface area (Å²) in [5, 5.41) is 2.94. The molecule has 1 saturated heterocycles. The van der Waals surface area contributed by atoms with Crippen LogP contribution in [0.5, 0.6) is 0 Å². The van der Waals surface area contributed by atoms with E-state index >= 15 is 0 Å². The number of carbonyl (C=O) groups is 1. The highest BCUT2D eigenvalue weighted by Gasteiger charge is 2.25. The maximum Gasteiger partial charge on any atom is 0.251 e. The molecule has 0 spiro atoms. The molecule has 1 N–H and O–H groups in total. The van der Waals surface area contributed by atoms with Crippen molar-refractivity contribution < 1.29 is 17.6 Å². The first-order valence-electron chi connectivity index (χ1n) is 9.48. The molecule has 0 saturated carbocycles. The van der Waals surface area contributed by atoms with Gasteiger partial charge in [-0.15, -0.1) is 0 Å². The van der Waals surface area contributed by atoms with Gasteiger partial charge in [-0.25, -0.2) is 12.7 Å². The van der Waals surface area contributed by atoms with E-state index in [1.807, 2.05) is 12.1 Å². The molecule has 152 valence electrons. The van der Waals surface area contributed by atoms with Crippen LogP contribution in [0.2, 0.25) is 0 Å². The Hall–Kier alpha value is -2.16. The maximum absolute atomic E-state index is 12.7. The molecule has 0 aliphatic carbocycles. The van der Waals surface area contributed by atoms with Gasteiger partial charge in [0.1, 0.15) is 5.76 Å². The quantitative estimate of drug-likeness (QED) is 0.765. The van der Waals surface area contributed by atoms with Crippen LogP contribution in [-0.2, 0) is 10.0 Å². The van der Waals surface area contributed by atoms with Crippen molar-refractivity contribution in [1.82, 2.24) is 14.5 Å². The van der Waals surface area contributed by atoms with E-state index in [1.54, 1.807) is 18.4 Å². The summed E-state index contributed by atoms with van der Waals surface area (Å²) in [6.45, 7) is 2.34. The fourth-order valence-electron chi connectivity index (χ4n) is 3.42. The molecular formula is C20H27N3O4S. The number of benzene rings is 1. The summed E-state index contributed by atoms with van der Waals surface area (Å²) < 4.78 is 31.4. The van der Waals surface area contributed by atoms with E-state index in [0.29, 0.717) is 12.1 Å². The van der Waals surface area contributed by atoms with E-state index in [4.69, 9.17) is 4.42 Å². The van der Waals surface area contributed by atoms with Gasteiger partial charge in [-0.1, -0.05) is 12.5 Å². The lowest BCUT2D eigenvalue weighted by molar-refractivity contribution is 0.0914. The van der Waals surface area contributed by atoms with Crippen molar-refractivity contribution in [2.45, 2.75) is 30.2 Å². The van der Waals surface area contributed by atoms with Crippen molar-refractivity contribution in [3.8, 4) is 0 Å². The van der Waals surface area contributed by atoms with E-state index in [2.05, 4.69) is 10.2 Å². The highest BCUT2D eigenvalue weighted by Crippen LogP contribution is 2.24. The summed E-state index contributed by atoms with van der Waals surface area (Å²) in [5.74, 6) is 0.524. The zero-order valence-electron chi connectivity index (χ0n) is 16.3. The molecule has 3 rings (SSSR count). The van der Waals surface area contributed by atoms with Crippen LogP contribution in [0.25, 0.3) is 0 Å². The van der Waals surface area contributed by atoms with E-state index in [9.17, 15) is 13.2 Å². The van der Waals surface area contributed by atoms with Crippen LogP contribution in [0, 0.1) is 0 Å². The van der Waals surface area contributed by atoms with Crippen molar-refractivity contribution in [2.24, 2.45) is 0 Å². The molecule has 1 fully saturated rings. The molecule has 1 aromatic carbocycles. The molecule has 2 aromatic rings. The number of furan rings is 1. The SMILES string of the molecule is CN(C)S(=O)(=O)c1cccc(C(=O)NC[C@H](c2ccco2)N2CCCCC2)c1. The number of likely N-dealkylation sites (tertiary alicyclic amines) is 1. The largest absolute Gasteiger partial charge is 0.468 e. The maximum atomic E-state index is 12.7. The van der Waals surface area contributed by atoms with Gasteiger partial charge >= 0.3 is 0 Å². The number of nitrogens with one attached hydrogen (secondary N) is 1. The first-order valence-corrected chi connectivity index (χ1v) is 10.9. The lowest BCUT2D eigenvalue weighted by Gasteiger charge is -2.33. The molecule has 8 heteroatoms. The lowest BCUT2D eigenvalue weighted by Crippen LogP contribution is -2.40. The number of sulfonamides is 1. The number of carbonyl (C=O) groups excluding carboxylic acids is 1. The molecule has 0 bridgehead atoms. The Balaban J connectivity index is 1.73. The Kier molecular flexibility index (Phi) is 6.53. The second kappa shape index (κ2) is 8.89. The third kappa shape index (κ3) is 4.63. The summed E-state index contributed by atoms with van der Waals surface area (Å²) in [7, 11) is -0.653. The second-order valence-corrected chi connectivity index (χ2v) is 9.30. The Labute approximate surface area is 166 Å². The summed E-state index contributed by atoms with van der Waals surface area (Å²) >= 11 is 0. The van der Waals surface area contributed by atoms with Crippen LogP contribution in [0.4, 0.5) is 0 Å². The van der Waals surface area contributed by atoms with E-state index in [1.165, 1.54) is 32.6 Å². The van der Waals surface area contributed by atoms with Crippen LogP contribution in [0.1, 0.15) is 41.4 Å². The van der Waals surface area contributed by atoms with Crippen molar-refractivity contribution in [2.75, 3.05) is 33.7 Å². The van der Waals surface area contributed by atoms with E-state index in [0.717, 1.165) is 36.0 Å². The van der Waals surface area contributed by atoms with Gasteiger partial charge in [-0.3, -0.25) is 9.69 Å².